The SMILES string of the molecule is CNc1ccncc1S(=O)(=O)NC1CCS(=O)(=O)CC1. The second-order valence-corrected chi connectivity index (χ2v) is 8.66. The van der Waals surface area contributed by atoms with Crippen molar-refractivity contribution in [2.75, 3.05) is 23.9 Å². The Morgan fingerprint density at radius 1 is 1.30 bits per heavy atom. The average Bonchev–Trinajstić information content (AvgIpc) is 2.41. The third-order valence-electron chi connectivity index (χ3n) is 3.22. The molecule has 1 aromatic rings. The first-order chi connectivity index (χ1) is 9.34. The van der Waals surface area contributed by atoms with Crippen LogP contribution in [0.5, 0.6) is 0 Å². The average molecular weight is 319 g/mol. The third kappa shape index (κ3) is 3.47. The van der Waals surface area contributed by atoms with Crippen LogP contribution in [0.4, 0.5) is 5.69 Å². The van der Waals surface area contributed by atoms with Gasteiger partial charge in [0, 0.05) is 25.5 Å². The molecule has 0 aromatic carbocycles. The van der Waals surface area contributed by atoms with Crippen LogP contribution < -0.4 is 10.0 Å². The molecule has 2 heterocycles. The third-order valence-corrected chi connectivity index (χ3v) is 6.48. The fourth-order valence-corrected chi connectivity index (χ4v) is 5.04. The summed E-state index contributed by atoms with van der Waals surface area (Å²) < 4.78 is 49.8. The number of hydrogen-bond acceptors (Lipinski definition) is 6. The number of sulfone groups is 1. The first-order valence-corrected chi connectivity index (χ1v) is 9.49. The van der Waals surface area contributed by atoms with Crippen molar-refractivity contribution in [1.82, 2.24) is 9.71 Å². The van der Waals surface area contributed by atoms with E-state index in [1.807, 2.05) is 0 Å². The van der Waals surface area contributed by atoms with Crippen LogP contribution in [-0.2, 0) is 19.9 Å². The van der Waals surface area contributed by atoms with E-state index in [0.717, 1.165) is 0 Å². The first kappa shape index (κ1) is 15.2. The molecular weight excluding hydrogens is 302 g/mol. The van der Waals surface area contributed by atoms with Crippen LogP contribution in [0.2, 0.25) is 0 Å². The van der Waals surface area contributed by atoms with Crippen molar-refractivity contribution in [2.24, 2.45) is 0 Å². The second-order valence-electron chi connectivity index (χ2n) is 4.67. The van der Waals surface area contributed by atoms with Crippen molar-refractivity contribution in [2.45, 2.75) is 23.8 Å². The molecule has 0 spiro atoms. The van der Waals surface area contributed by atoms with Crippen LogP contribution in [0.25, 0.3) is 0 Å². The van der Waals surface area contributed by atoms with Crippen LogP contribution >= 0.6 is 0 Å². The molecule has 1 fully saturated rings. The minimum absolute atomic E-state index is 0.0200. The van der Waals surface area contributed by atoms with Crippen LogP contribution in [0.3, 0.4) is 0 Å². The van der Waals surface area contributed by atoms with Crippen molar-refractivity contribution < 1.29 is 16.8 Å². The largest absolute Gasteiger partial charge is 0.387 e. The summed E-state index contributed by atoms with van der Waals surface area (Å²) in [7, 11) is -5.09. The molecule has 0 aliphatic carbocycles. The molecule has 112 valence electrons. The van der Waals surface area contributed by atoms with Gasteiger partial charge in [-0.25, -0.2) is 21.6 Å². The normalized spacial score (nSPS) is 19.6. The summed E-state index contributed by atoms with van der Waals surface area (Å²) in [5.41, 5.74) is 0.455. The van der Waals surface area contributed by atoms with E-state index in [4.69, 9.17) is 0 Å². The summed E-state index contributed by atoms with van der Waals surface area (Å²) in [6.07, 6.45) is 3.37. The maximum atomic E-state index is 12.3. The fraction of sp³-hybridized carbons (Fsp3) is 0.545. The van der Waals surface area contributed by atoms with Gasteiger partial charge in [-0.2, -0.15) is 0 Å². The Morgan fingerprint density at radius 2 is 1.95 bits per heavy atom. The van der Waals surface area contributed by atoms with Gasteiger partial charge in [0.2, 0.25) is 10.0 Å². The van der Waals surface area contributed by atoms with Gasteiger partial charge in [0.15, 0.2) is 0 Å². The smallest absolute Gasteiger partial charge is 0.244 e. The molecule has 2 rings (SSSR count). The Bertz CT molecular complexity index is 671. The zero-order valence-corrected chi connectivity index (χ0v) is 12.7. The Hall–Kier alpha value is -1.19. The van der Waals surface area contributed by atoms with Crippen molar-refractivity contribution in [3.63, 3.8) is 0 Å². The topological polar surface area (TPSA) is 105 Å². The van der Waals surface area contributed by atoms with Crippen LogP contribution in [0.15, 0.2) is 23.4 Å². The summed E-state index contributed by atoms with van der Waals surface area (Å²) in [5.74, 6) is 0.0399. The molecule has 1 aliphatic heterocycles. The number of aromatic nitrogens is 1. The van der Waals surface area contributed by atoms with E-state index < -0.39 is 19.9 Å². The Kier molecular flexibility index (Phi) is 4.31. The van der Waals surface area contributed by atoms with Gasteiger partial charge in [0.05, 0.1) is 17.2 Å². The number of nitrogens with zero attached hydrogens (tertiary/aromatic N) is 1. The van der Waals surface area contributed by atoms with Gasteiger partial charge in [-0.15, -0.1) is 0 Å². The summed E-state index contributed by atoms with van der Waals surface area (Å²) in [4.78, 5) is 3.89. The molecule has 0 atom stereocenters. The van der Waals surface area contributed by atoms with E-state index >= 15 is 0 Å². The summed E-state index contributed by atoms with van der Waals surface area (Å²) in [5, 5.41) is 2.80. The fourth-order valence-electron chi connectivity index (χ4n) is 2.09. The molecule has 1 saturated heterocycles. The number of sulfonamides is 1. The lowest BCUT2D eigenvalue weighted by atomic mass is 10.2. The van der Waals surface area contributed by atoms with Crippen molar-refractivity contribution >= 4 is 25.5 Å². The quantitative estimate of drug-likeness (QED) is 0.808. The van der Waals surface area contributed by atoms with Crippen molar-refractivity contribution in [3.8, 4) is 0 Å². The molecule has 1 aromatic heterocycles. The lowest BCUT2D eigenvalue weighted by Gasteiger charge is -2.23. The van der Waals surface area contributed by atoms with Crippen molar-refractivity contribution in [1.29, 1.82) is 0 Å². The zero-order chi connectivity index (χ0) is 14.8. The number of hydrogen-bond donors (Lipinski definition) is 2. The highest BCUT2D eigenvalue weighted by molar-refractivity contribution is 7.91. The van der Waals surface area contributed by atoms with E-state index in [1.54, 1.807) is 13.1 Å². The molecule has 7 nitrogen and oxygen atoms in total. The van der Waals surface area contributed by atoms with Gasteiger partial charge in [0.1, 0.15) is 14.7 Å². The summed E-state index contributed by atoms with van der Waals surface area (Å²) in [6, 6.07) is 1.22. The van der Waals surface area contributed by atoms with E-state index in [0.29, 0.717) is 18.5 Å². The van der Waals surface area contributed by atoms with Gasteiger partial charge in [-0.05, 0) is 18.9 Å². The van der Waals surface area contributed by atoms with Crippen LogP contribution in [0.1, 0.15) is 12.8 Å². The lowest BCUT2D eigenvalue weighted by Crippen LogP contribution is -2.40. The highest BCUT2D eigenvalue weighted by Gasteiger charge is 2.28. The number of anilines is 1. The summed E-state index contributed by atoms with van der Waals surface area (Å²) >= 11 is 0. The van der Waals surface area contributed by atoms with Crippen LogP contribution in [0, 0.1) is 0 Å². The van der Waals surface area contributed by atoms with E-state index in [1.165, 1.54) is 12.4 Å². The van der Waals surface area contributed by atoms with E-state index in [9.17, 15) is 16.8 Å². The Labute approximate surface area is 118 Å². The maximum Gasteiger partial charge on any atom is 0.244 e. The standard InChI is InChI=1S/C11H17N3O4S2/c1-12-10-2-5-13-8-11(10)20(17,18)14-9-3-6-19(15,16)7-4-9/h2,5,8-9,14H,3-4,6-7H2,1H3,(H,12,13). The highest BCUT2D eigenvalue weighted by atomic mass is 32.2. The molecule has 2 N–H and O–H groups in total. The molecule has 1 aliphatic rings. The highest BCUT2D eigenvalue weighted by Crippen LogP contribution is 2.21. The van der Waals surface area contributed by atoms with Crippen molar-refractivity contribution in [3.05, 3.63) is 18.5 Å². The minimum Gasteiger partial charge on any atom is -0.387 e. The molecule has 20 heavy (non-hydrogen) atoms. The monoisotopic (exact) mass is 319 g/mol. The van der Waals surface area contributed by atoms with E-state index in [2.05, 4.69) is 15.0 Å². The molecule has 0 amide bonds. The lowest BCUT2D eigenvalue weighted by molar-refractivity contribution is 0.505. The van der Waals surface area contributed by atoms with Gasteiger partial charge in [-0.3, -0.25) is 4.98 Å². The predicted molar refractivity (Wildman–Crippen MR) is 75.8 cm³/mol. The first-order valence-electron chi connectivity index (χ1n) is 6.18. The number of nitrogens with one attached hydrogen (secondary N) is 2. The van der Waals surface area contributed by atoms with Gasteiger partial charge >= 0.3 is 0 Å². The number of pyridine rings is 1. The molecule has 0 bridgehead atoms. The van der Waals surface area contributed by atoms with Crippen LogP contribution in [-0.4, -0.2) is 46.4 Å². The predicted octanol–water partition coefficient (Wildman–Crippen LogP) is -0.0212. The maximum absolute atomic E-state index is 12.3. The Morgan fingerprint density at radius 3 is 2.55 bits per heavy atom. The zero-order valence-electron chi connectivity index (χ0n) is 11.0. The second kappa shape index (κ2) is 5.66. The van der Waals surface area contributed by atoms with E-state index in [-0.39, 0.29) is 22.4 Å². The molecule has 9 heteroatoms. The molecule has 0 radical (unpaired) electrons. The Balaban J connectivity index is 2.16. The molecular formula is C11H17N3O4S2. The van der Waals surface area contributed by atoms with Gasteiger partial charge in [-0.1, -0.05) is 0 Å². The molecule has 0 unspecified atom stereocenters. The number of rotatable bonds is 4. The minimum atomic E-state index is -3.71. The van der Waals surface area contributed by atoms with Gasteiger partial charge in [0.25, 0.3) is 0 Å². The molecule has 0 saturated carbocycles. The van der Waals surface area contributed by atoms with Gasteiger partial charge < -0.3 is 5.32 Å². The summed E-state index contributed by atoms with van der Waals surface area (Å²) in [6.45, 7) is 0.